The third kappa shape index (κ3) is 4.22. The number of hydrogen-bond donors (Lipinski definition) is 1. The van der Waals surface area contributed by atoms with E-state index >= 15 is 0 Å². The zero-order valence-corrected chi connectivity index (χ0v) is 16.9. The van der Waals surface area contributed by atoms with E-state index in [0.29, 0.717) is 17.1 Å². The van der Waals surface area contributed by atoms with Crippen molar-refractivity contribution in [3.05, 3.63) is 76.3 Å². The molecule has 154 valence electrons. The number of carbonyl (C=O) groups is 1. The van der Waals surface area contributed by atoms with E-state index in [9.17, 15) is 9.59 Å². The molecule has 0 aliphatic rings. The minimum Gasteiger partial charge on any atom is -0.484 e. The van der Waals surface area contributed by atoms with Gasteiger partial charge in [-0.3, -0.25) is 4.79 Å². The van der Waals surface area contributed by atoms with Gasteiger partial charge >= 0.3 is 5.63 Å². The van der Waals surface area contributed by atoms with E-state index in [1.165, 1.54) is 6.07 Å². The summed E-state index contributed by atoms with van der Waals surface area (Å²) in [5, 5.41) is 4.74. The van der Waals surface area contributed by atoms with E-state index in [0.717, 1.165) is 34.8 Å². The maximum absolute atomic E-state index is 12.3. The van der Waals surface area contributed by atoms with E-state index < -0.39 is 0 Å². The summed E-state index contributed by atoms with van der Waals surface area (Å²) in [6, 6.07) is 16.1. The van der Waals surface area contributed by atoms with Crippen LogP contribution in [0.1, 0.15) is 37.6 Å². The first kappa shape index (κ1) is 19.8. The second kappa shape index (κ2) is 8.45. The average molecular weight is 405 g/mol. The van der Waals surface area contributed by atoms with Crippen LogP contribution in [0.2, 0.25) is 0 Å². The van der Waals surface area contributed by atoms with Crippen LogP contribution in [0.3, 0.4) is 0 Å². The van der Waals surface area contributed by atoms with Crippen LogP contribution < -0.4 is 15.7 Å². The SMILES string of the molecule is CCCc1cc(=O)oc2cc(OCC(=O)N[C@H](C)c3cc4ccccc4o3)ccc12. The Morgan fingerprint density at radius 2 is 1.90 bits per heavy atom. The van der Waals surface area contributed by atoms with Gasteiger partial charge in [0.1, 0.15) is 22.7 Å². The topological polar surface area (TPSA) is 81.7 Å². The maximum atomic E-state index is 12.3. The van der Waals surface area contributed by atoms with Crippen LogP contribution in [-0.4, -0.2) is 12.5 Å². The number of fused-ring (bicyclic) bond motifs is 2. The predicted octanol–water partition coefficient (Wildman–Crippen LogP) is 4.75. The van der Waals surface area contributed by atoms with E-state index in [-0.39, 0.29) is 24.2 Å². The third-order valence-corrected chi connectivity index (χ3v) is 4.94. The van der Waals surface area contributed by atoms with Crippen molar-refractivity contribution in [2.45, 2.75) is 32.7 Å². The zero-order valence-electron chi connectivity index (χ0n) is 16.9. The monoisotopic (exact) mass is 405 g/mol. The first-order valence-electron chi connectivity index (χ1n) is 10.0. The van der Waals surface area contributed by atoms with E-state index in [2.05, 4.69) is 12.2 Å². The number of carbonyl (C=O) groups excluding carboxylic acids is 1. The fourth-order valence-corrected chi connectivity index (χ4v) is 3.50. The van der Waals surface area contributed by atoms with Crippen LogP contribution in [0.4, 0.5) is 0 Å². The Bertz CT molecular complexity index is 1220. The Labute approximate surface area is 173 Å². The van der Waals surface area contributed by atoms with Gasteiger partial charge in [0.15, 0.2) is 6.61 Å². The van der Waals surface area contributed by atoms with Crippen molar-refractivity contribution in [3.63, 3.8) is 0 Å². The second-order valence-electron chi connectivity index (χ2n) is 7.26. The quantitative estimate of drug-likeness (QED) is 0.449. The van der Waals surface area contributed by atoms with Gasteiger partial charge in [0.2, 0.25) is 0 Å². The highest BCUT2D eigenvalue weighted by Crippen LogP contribution is 2.25. The summed E-state index contributed by atoms with van der Waals surface area (Å²) in [5.41, 5.74) is 1.80. The Morgan fingerprint density at radius 1 is 1.07 bits per heavy atom. The van der Waals surface area contributed by atoms with E-state index in [4.69, 9.17) is 13.6 Å². The van der Waals surface area contributed by atoms with Gasteiger partial charge in [0.05, 0.1) is 6.04 Å². The molecule has 2 heterocycles. The summed E-state index contributed by atoms with van der Waals surface area (Å²) >= 11 is 0. The fraction of sp³-hybridized carbons (Fsp3) is 0.250. The summed E-state index contributed by atoms with van der Waals surface area (Å²) in [7, 11) is 0. The van der Waals surface area contributed by atoms with Crippen molar-refractivity contribution in [2.75, 3.05) is 6.61 Å². The van der Waals surface area contributed by atoms with Gasteiger partial charge in [-0.2, -0.15) is 0 Å². The van der Waals surface area contributed by atoms with Gasteiger partial charge < -0.3 is 18.9 Å². The second-order valence-corrected chi connectivity index (χ2v) is 7.26. The summed E-state index contributed by atoms with van der Waals surface area (Å²) in [6.07, 6.45) is 1.73. The highest BCUT2D eigenvalue weighted by Gasteiger charge is 2.15. The number of furan rings is 1. The smallest absolute Gasteiger partial charge is 0.336 e. The first-order valence-corrected chi connectivity index (χ1v) is 10.0. The molecule has 6 heteroatoms. The Morgan fingerprint density at radius 3 is 2.70 bits per heavy atom. The Balaban J connectivity index is 1.41. The minimum absolute atomic E-state index is 0.158. The van der Waals surface area contributed by atoms with E-state index in [1.807, 2.05) is 43.3 Å². The molecule has 4 aromatic rings. The Hall–Kier alpha value is -3.54. The zero-order chi connectivity index (χ0) is 21.1. The maximum Gasteiger partial charge on any atom is 0.336 e. The van der Waals surface area contributed by atoms with Crippen LogP contribution in [0.5, 0.6) is 5.75 Å². The van der Waals surface area contributed by atoms with Crippen molar-refractivity contribution >= 4 is 27.8 Å². The lowest BCUT2D eigenvalue weighted by molar-refractivity contribution is -0.123. The summed E-state index contributed by atoms with van der Waals surface area (Å²) in [6.45, 7) is 3.76. The molecule has 0 fully saturated rings. The highest BCUT2D eigenvalue weighted by molar-refractivity contribution is 5.82. The van der Waals surface area contributed by atoms with Gasteiger partial charge in [0.25, 0.3) is 5.91 Å². The van der Waals surface area contributed by atoms with Crippen LogP contribution in [0, 0.1) is 0 Å². The summed E-state index contributed by atoms with van der Waals surface area (Å²) in [4.78, 5) is 24.1. The normalized spacial score (nSPS) is 12.2. The lowest BCUT2D eigenvalue weighted by Crippen LogP contribution is -2.31. The average Bonchev–Trinajstić information content (AvgIpc) is 3.16. The molecule has 0 radical (unpaired) electrons. The van der Waals surface area contributed by atoms with Crippen molar-refractivity contribution in [2.24, 2.45) is 0 Å². The lowest BCUT2D eigenvalue weighted by atomic mass is 10.1. The number of para-hydroxylation sites is 1. The number of ether oxygens (including phenoxy) is 1. The number of aryl methyl sites for hydroxylation is 1. The van der Waals surface area contributed by atoms with Crippen molar-refractivity contribution in [1.82, 2.24) is 5.32 Å². The molecule has 4 rings (SSSR count). The standard InChI is InChI=1S/C24H23NO5/c1-3-6-16-12-24(27)30-22-13-18(9-10-19(16)22)28-14-23(26)25-15(2)21-11-17-7-4-5-8-20(17)29-21/h4-5,7-13,15H,3,6,14H2,1-2H3,(H,25,26)/t15-/m1/s1. The molecule has 0 saturated heterocycles. The Kier molecular flexibility index (Phi) is 5.57. The molecular formula is C24H23NO5. The van der Waals surface area contributed by atoms with Crippen LogP contribution >= 0.6 is 0 Å². The van der Waals surface area contributed by atoms with Crippen LogP contribution in [0.25, 0.3) is 21.9 Å². The highest BCUT2D eigenvalue weighted by atomic mass is 16.5. The molecule has 0 unspecified atom stereocenters. The third-order valence-electron chi connectivity index (χ3n) is 4.94. The van der Waals surface area contributed by atoms with Gasteiger partial charge in [-0.15, -0.1) is 0 Å². The molecule has 1 amide bonds. The molecule has 6 nitrogen and oxygen atoms in total. The van der Waals surface area contributed by atoms with Gasteiger partial charge in [-0.05, 0) is 43.2 Å². The largest absolute Gasteiger partial charge is 0.484 e. The van der Waals surface area contributed by atoms with E-state index in [1.54, 1.807) is 12.1 Å². The number of rotatable bonds is 7. The van der Waals surface area contributed by atoms with Crippen molar-refractivity contribution in [1.29, 1.82) is 0 Å². The predicted molar refractivity (Wildman–Crippen MR) is 115 cm³/mol. The number of nitrogens with one attached hydrogen (secondary N) is 1. The summed E-state index contributed by atoms with van der Waals surface area (Å²) < 4.78 is 16.7. The van der Waals surface area contributed by atoms with Gasteiger partial charge in [0, 0.05) is 22.9 Å². The number of amides is 1. The van der Waals surface area contributed by atoms with Crippen molar-refractivity contribution < 1.29 is 18.4 Å². The molecule has 0 saturated carbocycles. The molecule has 0 aliphatic carbocycles. The minimum atomic E-state index is -0.388. The summed E-state index contributed by atoms with van der Waals surface area (Å²) in [5.74, 6) is 0.871. The van der Waals surface area contributed by atoms with Crippen LogP contribution in [-0.2, 0) is 11.2 Å². The number of hydrogen-bond acceptors (Lipinski definition) is 5. The van der Waals surface area contributed by atoms with Crippen molar-refractivity contribution in [3.8, 4) is 5.75 Å². The van der Waals surface area contributed by atoms with Gasteiger partial charge in [-0.25, -0.2) is 4.79 Å². The van der Waals surface area contributed by atoms with Gasteiger partial charge in [-0.1, -0.05) is 31.5 Å². The molecular weight excluding hydrogens is 382 g/mol. The lowest BCUT2D eigenvalue weighted by Gasteiger charge is -2.12. The molecule has 30 heavy (non-hydrogen) atoms. The first-order chi connectivity index (χ1) is 14.5. The van der Waals surface area contributed by atoms with Crippen LogP contribution in [0.15, 0.2) is 68.2 Å². The molecule has 0 spiro atoms. The molecule has 0 aliphatic heterocycles. The molecule has 1 atom stereocenters. The fourth-order valence-electron chi connectivity index (χ4n) is 3.50. The molecule has 2 aromatic carbocycles. The molecule has 1 N–H and O–H groups in total. The molecule has 2 aromatic heterocycles. The number of benzene rings is 2. The molecule has 0 bridgehead atoms.